The van der Waals surface area contributed by atoms with E-state index < -0.39 is 17.6 Å². The summed E-state index contributed by atoms with van der Waals surface area (Å²) in [6.07, 6.45) is 2.75. The van der Waals surface area contributed by atoms with Gasteiger partial charge in [-0.2, -0.15) is 0 Å². The van der Waals surface area contributed by atoms with Gasteiger partial charge in [-0.3, -0.25) is 9.36 Å². The summed E-state index contributed by atoms with van der Waals surface area (Å²) in [5, 5.41) is 10.8. The van der Waals surface area contributed by atoms with Crippen LogP contribution in [0.2, 0.25) is 10.0 Å². The van der Waals surface area contributed by atoms with Crippen LogP contribution in [0, 0.1) is 0 Å². The van der Waals surface area contributed by atoms with Gasteiger partial charge in [-0.1, -0.05) is 63.8 Å². The second-order valence-corrected chi connectivity index (χ2v) is 10.9. The minimum absolute atomic E-state index is 0.0677. The van der Waals surface area contributed by atoms with Crippen LogP contribution in [0.5, 0.6) is 11.5 Å². The molecule has 2 aromatic carbocycles. The van der Waals surface area contributed by atoms with Gasteiger partial charge in [-0.15, -0.1) is 0 Å². The molecule has 3 aromatic rings. The molecule has 1 atom stereocenters. The molecule has 0 unspecified atom stereocenters. The van der Waals surface area contributed by atoms with Crippen molar-refractivity contribution in [3.63, 3.8) is 0 Å². The molecule has 2 heterocycles. The Balaban J connectivity index is 2.08. The Morgan fingerprint density at radius 1 is 1.27 bits per heavy atom. The van der Waals surface area contributed by atoms with Gasteiger partial charge in [0.15, 0.2) is 4.80 Å². The molecule has 0 aliphatic carbocycles. The first-order valence-electron chi connectivity index (χ1n) is 11.4. The zero-order chi connectivity index (χ0) is 26.9. The molecule has 1 aliphatic heterocycles. The number of nitrogens with zero attached hydrogens (tertiary/aromatic N) is 2. The molecule has 0 amide bonds. The highest BCUT2D eigenvalue weighted by molar-refractivity contribution is 9.10. The number of carbonyl (C=O) groups is 1. The summed E-state index contributed by atoms with van der Waals surface area (Å²) in [6, 6.07) is 7.49. The standard InChI is InChI=1S/C26H23BrCl2N2O5S/c1-4-6-18-21(25(34)36-5-2)22(16-11-14(27)7-8-19(16)35-3)31-24(33)20(37-26(31)30-18)10-13-9-15(28)12-17(29)23(13)32/h7-12,22,32H,4-6H2,1-3H3/b20-10+/t22-/m1/s1. The molecule has 0 radical (unpaired) electrons. The topological polar surface area (TPSA) is 90.1 Å². The van der Waals surface area contributed by atoms with Crippen LogP contribution in [-0.4, -0.2) is 29.4 Å². The van der Waals surface area contributed by atoms with Gasteiger partial charge in [0.1, 0.15) is 17.5 Å². The minimum atomic E-state index is -0.844. The summed E-state index contributed by atoms with van der Waals surface area (Å²) < 4.78 is 13.6. The number of allylic oxidation sites excluding steroid dienone is 1. The van der Waals surface area contributed by atoms with Crippen LogP contribution in [-0.2, 0) is 9.53 Å². The highest BCUT2D eigenvalue weighted by Gasteiger charge is 2.36. The van der Waals surface area contributed by atoms with Gasteiger partial charge in [-0.05, 0) is 49.8 Å². The molecule has 0 spiro atoms. The molecular formula is C26H23BrCl2N2O5S. The second-order valence-electron chi connectivity index (χ2n) is 8.13. The van der Waals surface area contributed by atoms with Crippen LogP contribution >= 0.6 is 50.5 Å². The number of halogens is 3. The van der Waals surface area contributed by atoms with Crippen molar-refractivity contribution in [1.29, 1.82) is 0 Å². The zero-order valence-corrected chi connectivity index (χ0v) is 24.1. The van der Waals surface area contributed by atoms with Crippen molar-refractivity contribution < 1.29 is 19.4 Å². The molecule has 194 valence electrons. The third-order valence-electron chi connectivity index (χ3n) is 5.72. The fraction of sp³-hybridized carbons (Fsp3) is 0.269. The molecular weight excluding hydrogens is 603 g/mol. The Labute approximate surface area is 235 Å². The minimum Gasteiger partial charge on any atom is -0.506 e. The maximum Gasteiger partial charge on any atom is 0.338 e. The summed E-state index contributed by atoms with van der Waals surface area (Å²) in [5.74, 6) is -0.238. The molecule has 0 saturated carbocycles. The SMILES string of the molecule is CCCC1=C(C(=O)OCC)[C@@H](c2cc(Br)ccc2OC)n2c(s/c(=C/c3cc(Cl)cc(Cl)c3O)c2=O)=N1. The summed E-state index contributed by atoms with van der Waals surface area (Å²) in [5.41, 5.74) is 1.33. The van der Waals surface area contributed by atoms with E-state index in [9.17, 15) is 14.7 Å². The molecule has 1 N–H and O–H groups in total. The van der Waals surface area contributed by atoms with Crippen LogP contribution in [0.4, 0.5) is 0 Å². The van der Waals surface area contributed by atoms with Gasteiger partial charge in [0.05, 0.1) is 34.5 Å². The van der Waals surface area contributed by atoms with Gasteiger partial charge in [0, 0.05) is 20.6 Å². The van der Waals surface area contributed by atoms with Crippen molar-refractivity contribution in [3.8, 4) is 11.5 Å². The van der Waals surface area contributed by atoms with Gasteiger partial charge < -0.3 is 14.6 Å². The van der Waals surface area contributed by atoms with Gasteiger partial charge >= 0.3 is 5.97 Å². The number of thiazole rings is 1. The average Bonchev–Trinajstić information content (AvgIpc) is 3.16. The number of aromatic nitrogens is 1. The van der Waals surface area contributed by atoms with Gasteiger partial charge in [-0.25, -0.2) is 9.79 Å². The van der Waals surface area contributed by atoms with Gasteiger partial charge in [0.25, 0.3) is 5.56 Å². The van der Waals surface area contributed by atoms with E-state index in [1.165, 1.54) is 29.9 Å². The number of rotatable bonds is 7. The first-order chi connectivity index (χ1) is 17.7. The molecule has 1 aromatic heterocycles. The van der Waals surface area contributed by atoms with Crippen LogP contribution in [0.15, 0.2) is 55.9 Å². The van der Waals surface area contributed by atoms with Crippen molar-refractivity contribution in [2.75, 3.05) is 13.7 Å². The average molecular weight is 626 g/mol. The predicted octanol–water partition coefficient (Wildman–Crippen LogP) is 5.36. The van der Waals surface area contributed by atoms with E-state index in [1.807, 2.05) is 19.1 Å². The molecule has 37 heavy (non-hydrogen) atoms. The van der Waals surface area contributed by atoms with Crippen molar-refractivity contribution in [3.05, 3.63) is 86.9 Å². The Morgan fingerprint density at radius 3 is 2.70 bits per heavy atom. The first kappa shape index (κ1) is 27.4. The Bertz CT molecular complexity index is 1600. The molecule has 4 rings (SSSR count). The summed E-state index contributed by atoms with van der Waals surface area (Å²) in [4.78, 5) is 32.3. The molecule has 11 heteroatoms. The lowest BCUT2D eigenvalue weighted by molar-refractivity contribution is -0.139. The number of phenols is 1. The van der Waals surface area contributed by atoms with Crippen molar-refractivity contribution in [2.24, 2.45) is 4.99 Å². The fourth-order valence-corrected chi connectivity index (χ4v) is 6.07. The molecule has 0 bridgehead atoms. The van der Waals surface area contributed by atoms with Crippen molar-refractivity contribution >= 4 is 62.5 Å². The Morgan fingerprint density at radius 2 is 2.03 bits per heavy atom. The van der Waals surface area contributed by atoms with E-state index in [2.05, 4.69) is 15.9 Å². The second kappa shape index (κ2) is 11.4. The van der Waals surface area contributed by atoms with E-state index >= 15 is 0 Å². The van der Waals surface area contributed by atoms with Crippen LogP contribution in [0.1, 0.15) is 43.9 Å². The lowest BCUT2D eigenvalue weighted by Crippen LogP contribution is -2.40. The maximum absolute atomic E-state index is 13.9. The van der Waals surface area contributed by atoms with E-state index in [0.29, 0.717) is 33.3 Å². The summed E-state index contributed by atoms with van der Waals surface area (Å²) >= 11 is 16.9. The first-order valence-corrected chi connectivity index (χ1v) is 13.8. The number of hydrogen-bond donors (Lipinski definition) is 1. The zero-order valence-electron chi connectivity index (χ0n) is 20.2. The third kappa shape index (κ3) is 5.36. The number of methoxy groups -OCH3 is 1. The van der Waals surface area contributed by atoms with E-state index in [-0.39, 0.29) is 33.0 Å². The largest absolute Gasteiger partial charge is 0.506 e. The smallest absolute Gasteiger partial charge is 0.338 e. The lowest BCUT2D eigenvalue weighted by Gasteiger charge is -2.27. The van der Waals surface area contributed by atoms with Crippen molar-refractivity contribution in [1.82, 2.24) is 4.57 Å². The summed E-state index contributed by atoms with van der Waals surface area (Å²) in [7, 11) is 1.53. The molecule has 0 fully saturated rings. The van der Waals surface area contributed by atoms with Crippen LogP contribution < -0.4 is 19.6 Å². The number of aromatic hydroxyl groups is 1. The number of ether oxygens (including phenoxy) is 2. The number of phenolic OH excluding ortho intramolecular Hbond substituents is 1. The molecule has 7 nitrogen and oxygen atoms in total. The molecule has 0 saturated heterocycles. The molecule has 1 aliphatic rings. The van der Waals surface area contributed by atoms with Gasteiger partial charge in [0.2, 0.25) is 0 Å². The van der Waals surface area contributed by atoms with Crippen LogP contribution in [0.25, 0.3) is 6.08 Å². The van der Waals surface area contributed by atoms with Crippen molar-refractivity contribution in [2.45, 2.75) is 32.7 Å². The maximum atomic E-state index is 13.9. The third-order valence-corrected chi connectivity index (χ3v) is 7.71. The fourth-order valence-electron chi connectivity index (χ4n) is 4.17. The van der Waals surface area contributed by atoms with E-state index in [4.69, 9.17) is 37.7 Å². The van der Waals surface area contributed by atoms with E-state index in [1.54, 1.807) is 13.0 Å². The Kier molecular flexibility index (Phi) is 8.48. The quantitative estimate of drug-likeness (QED) is 0.357. The van der Waals surface area contributed by atoms with E-state index in [0.717, 1.165) is 22.2 Å². The monoisotopic (exact) mass is 624 g/mol. The number of esters is 1. The summed E-state index contributed by atoms with van der Waals surface area (Å²) in [6.45, 7) is 3.88. The number of hydrogen-bond acceptors (Lipinski definition) is 7. The number of benzene rings is 2. The number of fused-ring (bicyclic) bond motifs is 1. The predicted molar refractivity (Wildman–Crippen MR) is 148 cm³/mol. The lowest BCUT2D eigenvalue weighted by atomic mass is 9.93. The van der Waals surface area contributed by atoms with Crippen LogP contribution in [0.3, 0.4) is 0 Å². The Hall–Kier alpha value is -2.59. The number of carbonyl (C=O) groups excluding carboxylic acids is 1. The normalized spacial score (nSPS) is 15.4. The highest BCUT2D eigenvalue weighted by atomic mass is 79.9. The highest BCUT2D eigenvalue weighted by Crippen LogP contribution is 2.38.